The van der Waals surface area contributed by atoms with E-state index >= 15 is 0 Å². The number of anilines is 1. The topological polar surface area (TPSA) is 24.9 Å². The number of hydrogen-bond donors (Lipinski definition) is 1. The molecule has 0 radical (unpaired) electrons. The summed E-state index contributed by atoms with van der Waals surface area (Å²) in [5, 5.41) is 3.16. The number of benzene rings is 1. The third-order valence-corrected chi connectivity index (χ3v) is 3.98. The first kappa shape index (κ1) is 14.4. The maximum atomic E-state index is 12.8. The molecule has 0 spiro atoms. The van der Waals surface area contributed by atoms with Gasteiger partial charge in [-0.05, 0) is 42.7 Å². The van der Waals surface area contributed by atoms with Crippen LogP contribution >= 0.6 is 15.9 Å². The quantitative estimate of drug-likeness (QED) is 0.822. The largest absolute Gasteiger partial charge is 0.416 e. The molecule has 0 aliphatic heterocycles. The Kier molecular flexibility index (Phi) is 3.65. The van der Waals surface area contributed by atoms with Gasteiger partial charge in [-0.3, -0.25) is 4.98 Å². The molecule has 0 bridgehead atoms. The molecule has 2 nitrogen and oxygen atoms in total. The predicted octanol–water partition coefficient (Wildman–Crippen LogP) is 4.96. The van der Waals surface area contributed by atoms with Crippen LogP contribution in [-0.2, 0) is 12.6 Å². The van der Waals surface area contributed by atoms with Gasteiger partial charge in [-0.15, -0.1) is 0 Å². The first-order valence-electron chi connectivity index (χ1n) is 6.51. The minimum absolute atomic E-state index is 0.0448. The third kappa shape index (κ3) is 3.05. The summed E-state index contributed by atoms with van der Waals surface area (Å²) in [6.07, 6.45) is -0.923. The van der Waals surface area contributed by atoms with Gasteiger partial charge in [0.2, 0.25) is 0 Å². The summed E-state index contributed by atoms with van der Waals surface area (Å²) in [6.45, 7) is 0. The van der Waals surface area contributed by atoms with Crippen molar-refractivity contribution in [2.45, 2.75) is 25.1 Å². The molecule has 0 saturated heterocycles. The molecule has 110 valence electrons. The highest BCUT2D eigenvalue weighted by molar-refractivity contribution is 9.10. The highest BCUT2D eigenvalue weighted by Crippen LogP contribution is 2.36. The molecule has 1 unspecified atom stereocenters. The second kappa shape index (κ2) is 5.33. The van der Waals surface area contributed by atoms with E-state index in [1.54, 1.807) is 12.3 Å². The Morgan fingerprint density at radius 3 is 2.81 bits per heavy atom. The van der Waals surface area contributed by atoms with E-state index in [4.69, 9.17) is 0 Å². The maximum Gasteiger partial charge on any atom is 0.416 e. The molecule has 1 aromatic carbocycles. The van der Waals surface area contributed by atoms with E-state index in [1.165, 1.54) is 0 Å². The molecule has 1 atom stereocenters. The number of nitrogens with one attached hydrogen (secondary N) is 1. The Bertz CT molecular complexity index is 670. The molecular formula is C15H12BrF3N2. The van der Waals surface area contributed by atoms with Crippen LogP contribution in [0.15, 0.2) is 41.0 Å². The first-order valence-corrected chi connectivity index (χ1v) is 7.31. The summed E-state index contributed by atoms with van der Waals surface area (Å²) in [6, 6.07) is 7.69. The van der Waals surface area contributed by atoms with Gasteiger partial charge in [-0.2, -0.15) is 13.2 Å². The van der Waals surface area contributed by atoms with Crippen molar-refractivity contribution in [3.8, 4) is 0 Å². The summed E-state index contributed by atoms with van der Waals surface area (Å²) < 4.78 is 38.9. The molecule has 1 aliphatic rings. The number of rotatable bonds is 2. The Morgan fingerprint density at radius 1 is 1.24 bits per heavy atom. The number of pyridine rings is 1. The molecule has 0 saturated carbocycles. The molecule has 0 fully saturated rings. The van der Waals surface area contributed by atoms with Crippen LogP contribution in [0.4, 0.5) is 18.9 Å². The number of hydrogen-bond acceptors (Lipinski definition) is 2. The second-order valence-electron chi connectivity index (χ2n) is 5.01. The summed E-state index contributed by atoms with van der Waals surface area (Å²) in [4.78, 5) is 4.33. The van der Waals surface area contributed by atoms with Gasteiger partial charge in [-0.1, -0.05) is 22.0 Å². The lowest BCUT2D eigenvalue weighted by Gasteiger charge is -2.16. The minimum atomic E-state index is -4.36. The van der Waals surface area contributed by atoms with Crippen molar-refractivity contribution in [3.63, 3.8) is 0 Å². The van der Waals surface area contributed by atoms with Crippen LogP contribution in [-0.4, -0.2) is 4.98 Å². The third-order valence-electron chi connectivity index (χ3n) is 3.52. The monoisotopic (exact) mass is 356 g/mol. The number of halogens is 4. The highest BCUT2D eigenvalue weighted by Gasteiger charge is 2.31. The van der Waals surface area contributed by atoms with Crippen LogP contribution in [0.1, 0.15) is 29.3 Å². The number of aromatic nitrogens is 1. The zero-order valence-corrected chi connectivity index (χ0v) is 12.5. The average Bonchev–Trinajstić information content (AvgIpc) is 2.81. The van der Waals surface area contributed by atoms with E-state index < -0.39 is 11.7 Å². The molecule has 6 heteroatoms. The van der Waals surface area contributed by atoms with E-state index in [0.29, 0.717) is 10.2 Å². The van der Waals surface area contributed by atoms with Crippen molar-refractivity contribution in [2.24, 2.45) is 0 Å². The van der Waals surface area contributed by atoms with Crippen molar-refractivity contribution in [1.29, 1.82) is 0 Å². The van der Waals surface area contributed by atoms with Gasteiger partial charge < -0.3 is 5.32 Å². The normalized spacial score (nSPS) is 17.6. The molecule has 1 aromatic heterocycles. The van der Waals surface area contributed by atoms with Crippen molar-refractivity contribution in [2.75, 3.05) is 5.32 Å². The molecule has 1 aliphatic carbocycles. The number of alkyl halides is 3. The zero-order chi connectivity index (χ0) is 15.0. The lowest BCUT2D eigenvalue weighted by Crippen LogP contribution is -2.10. The van der Waals surface area contributed by atoms with E-state index in [1.807, 2.05) is 12.1 Å². The fourth-order valence-corrected chi connectivity index (χ4v) is 3.08. The molecule has 21 heavy (non-hydrogen) atoms. The summed E-state index contributed by atoms with van der Waals surface area (Å²) in [7, 11) is 0. The van der Waals surface area contributed by atoms with Crippen LogP contribution in [0.25, 0.3) is 0 Å². The Balaban J connectivity index is 1.88. The smallest absolute Gasteiger partial charge is 0.377 e. The van der Waals surface area contributed by atoms with Crippen molar-refractivity contribution in [3.05, 3.63) is 57.8 Å². The van der Waals surface area contributed by atoms with Crippen LogP contribution in [0.5, 0.6) is 0 Å². The van der Waals surface area contributed by atoms with Crippen molar-refractivity contribution < 1.29 is 13.2 Å². The van der Waals surface area contributed by atoms with E-state index in [0.717, 1.165) is 36.2 Å². The van der Waals surface area contributed by atoms with Gasteiger partial charge in [0.1, 0.15) is 0 Å². The standard InChI is InChI=1S/C15H12BrF3N2/c16-11-6-10(15(17,18)19)7-12(8-11)21-13-4-3-9-2-1-5-20-14(9)13/h1-2,5-8,13,21H,3-4H2. The van der Waals surface area contributed by atoms with E-state index in [9.17, 15) is 13.2 Å². The van der Waals surface area contributed by atoms with Crippen molar-refractivity contribution >= 4 is 21.6 Å². The van der Waals surface area contributed by atoms with Gasteiger partial charge in [0.25, 0.3) is 0 Å². The maximum absolute atomic E-state index is 12.8. The average molecular weight is 357 g/mol. The number of nitrogens with zero attached hydrogens (tertiary/aromatic N) is 1. The van der Waals surface area contributed by atoms with E-state index in [-0.39, 0.29) is 6.04 Å². The summed E-state index contributed by atoms with van der Waals surface area (Å²) in [5.74, 6) is 0. The number of aryl methyl sites for hydroxylation is 1. The van der Waals surface area contributed by atoms with Crippen molar-refractivity contribution in [1.82, 2.24) is 4.98 Å². The Hall–Kier alpha value is -1.56. The summed E-state index contributed by atoms with van der Waals surface area (Å²) in [5.41, 5.74) is 1.85. The lowest BCUT2D eigenvalue weighted by molar-refractivity contribution is -0.137. The van der Waals surface area contributed by atoms with Gasteiger partial charge in [0.05, 0.1) is 17.3 Å². The van der Waals surface area contributed by atoms with Crippen LogP contribution in [0, 0.1) is 0 Å². The number of fused-ring (bicyclic) bond motifs is 1. The molecule has 0 amide bonds. The first-order chi connectivity index (χ1) is 9.93. The zero-order valence-electron chi connectivity index (χ0n) is 10.9. The SMILES string of the molecule is FC(F)(F)c1cc(Br)cc(NC2CCc3cccnc32)c1. The summed E-state index contributed by atoms with van der Waals surface area (Å²) >= 11 is 3.13. The molecule has 1 heterocycles. The van der Waals surface area contributed by atoms with Crippen LogP contribution < -0.4 is 5.32 Å². The molecule has 1 N–H and O–H groups in total. The van der Waals surface area contributed by atoms with Gasteiger partial charge in [0.15, 0.2) is 0 Å². The minimum Gasteiger partial charge on any atom is -0.377 e. The molecule has 3 rings (SSSR count). The van der Waals surface area contributed by atoms with Gasteiger partial charge >= 0.3 is 6.18 Å². The fourth-order valence-electron chi connectivity index (χ4n) is 2.59. The molecular weight excluding hydrogens is 345 g/mol. The fraction of sp³-hybridized carbons (Fsp3) is 0.267. The highest BCUT2D eigenvalue weighted by atomic mass is 79.9. The lowest BCUT2D eigenvalue weighted by atomic mass is 10.1. The van der Waals surface area contributed by atoms with E-state index in [2.05, 4.69) is 26.2 Å². The van der Waals surface area contributed by atoms with Crippen LogP contribution in [0.2, 0.25) is 0 Å². The second-order valence-corrected chi connectivity index (χ2v) is 5.93. The van der Waals surface area contributed by atoms with Crippen LogP contribution in [0.3, 0.4) is 0 Å². The van der Waals surface area contributed by atoms with Gasteiger partial charge in [-0.25, -0.2) is 0 Å². The Morgan fingerprint density at radius 2 is 2.05 bits per heavy atom. The van der Waals surface area contributed by atoms with Gasteiger partial charge in [0, 0.05) is 16.4 Å². The predicted molar refractivity (Wildman–Crippen MR) is 78.1 cm³/mol. The molecule has 2 aromatic rings. The Labute approximate surface area is 128 Å².